The smallest absolute Gasteiger partial charge is 0.271 e. The summed E-state index contributed by atoms with van der Waals surface area (Å²) in [5.41, 5.74) is 4.55. The number of nitrogens with zero attached hydrogens (tertiary/aromatic N) is 1. The number of methoxy groups -OCH3 is 4. The lowest BCUT2D eigenvalue weighted by atomic mass is 10.2. The van der Waals surface area contributed by atoms with Crippen LogP contribution in [0, 0.1) is 0 Å². The number of nitrogens with one attached hydrogen (secondary N) is 1. The first-order valence-corrected chi connectivity index (χ1v) is 10.1. The lowest BCUT2D eigenvalue weighted by Crippen LogP contribution is -2.17. The van der Waals surface area contributed by atoms with E-state index in [-0.39, 0.29) is 5.91 Å². The summed E-state index contributed by atoms with van der Waals surface area (Å²) in [5.74, 6) is 2.65. The number of carbonyl (C=O) groups excluding carboxylic acids is 1. The molecule has 1 N–H and O–H groups in total. The van der Waals surface area contributed by atoms with E-state index in [0.29, 0.717) is 40.7 Å². The Balaban J connectivity index is 1.60. The summed E-state index contributed by atoms with van der Waals surface area (Å²) in [5, 5.41) is 4.03. The first-order valence-electron chi connectivity index (χ1n) is 10.1. The third-order valence-electron chi connectivity index (χ3n) is 4.76. The van der Waals surface area contributed by atoms with Gasteiger partial charge in [-0.15, -0.1) is 0 Å². The van der Waals surface area contributed by atoms with Crippen molar-refractivity contribution in [2.45, 2.75) is 6.61 Å². The van der Waals surface area contributed by atoms with Gasteiger partial charge in [0.1, 0.15) is 23.9 Å². The maximum absolute atomic E-state index is 12.4. The van der Waals surface area contributed by atoms with Crippen molar-refractivity contribution in [3.8, 4) is 28.7 Å². The molecule has 0 aliphatic rings. The Bertz CT molecular complexity index is 1110. The minimum Gasteiger partial charge on any atom is -0.497 e. The summed E-state index contributed by atoms with van der Waals surface area (Å²) >= 11 is 0. The molecule has 0 atom stereocenters. The Morgan fingerprint density at radius 3 is 2.18 bits per heavy atom. The van der Waals surface area contributed by atoms with Gasteiger partial charge in [0.25, 0.3) is 5.91 Å². The molecular formula is C25H26N2O6. The highest BCUT2D eigenvalue weighted by molar-refractivity contribution is 5.95. The molecule has 0 radical (unpaired) electrons. The molecule has 0 saturated carbocycles. The second-order valence-electron chi connectivity index (χ2n) is 6.81. The lowest BCUT2D eigenvalue weighted by Gasteiger charge is -2.11. The Hall–Kier alpha value is -4.20. The summed E-state index contributed by atoms with van der Waals surface area (Å²) in [6, 6.07) is 17.8. The van der Waals surface area contributed by atoms with Crippen molar-refractivity contribution in [1.29, 1.82) is 0 Å². The van der Waals surface area contributed by atoms with Crippen LogP contribution in [0.15, 0.2) is 65.8 Å². The van der Waals surface area contributed by atoms with Crippen LogP contribution in [0.4, 0.5) is 0 Å². The van der Waals surface area contributed by atoms with Crippen LogP contribution in [-0.4, -0.2) is 40.6 Å². The Morgan fingerprint density at radius 1 is 0.818 bits per heavy atom. The van der Waals surface area contributed by atoms with Crippen LogP contribution < -0.4 is 29.1 Å². The van der Waals surface area contributed by atoms with Crippen molar-refractivity contribution in [2.24, 2.45) is 5.10 Å². The van der Waals surface area contributed by atoms with Gasteiger partial charge in [-0.1, -0.05) is 12.1 Å². The molecule has 0 aromatic heterocycles. The number of benzene rings is 3. The van der Waals surface area contributed by atoms with E-state index in [1.54, 1.807) is 50.6 Å². The number of rotatable bonds is 10. The minimum atomic E-state index is -0.356. The van der Waals surface area contributed by atoms with Gasteiger partial charge in [0.2, 0.25) is 0 Å². The Labute approximate surface area is 192 Å². The topological polar surface area (TPSA) is 87.6 Å². The number of carbonyl (C=O) groups is 1. The fraction of sp³-hybridized carbons (Fsp3) is 0.200. The van der Waals surface area contributed by atoms with Crippen molar-refractivity contribution < 1.29 is 28.5 Å². The zero-order chi connectivity index (χ0) is 23.6. The normalized spacial score (nSPS) is 10.5. The van der Waals surface area contributed by atoms with Crippen molar-refractivity contribution in [2.75, 3.05) is 28.4 Å². The van der Waals surface area contributed by atoms with E-state index in [2.05, 4.69) is 10.5 Å². The van der Waals surface area contributed by atoms with Gasteiger partial charge in [0.05, 0.1) is 34.7 Å². The van der Waals surface area contributed by atoms with Crippen molar-refractivity contribution in [3.05, 3.63) is 77.4 Å². The maximum atomic E-state index is 12.4. The van der Waals surface area contributed by atoms with Gasteiger partial charge in [0.15, 0.2) is 11.5 Å². The molecule has 3 aromatic rings. The third kappa shape index (κ3) is 6.16. The van der Waals surface area contributed by atoms with Gasteiger partial charge in [-0.3, -0.25) is 4.79 Å². The third-order valence-corrected chi connectivity index (χ3v) is 4.76. The summed E-state index contributed by atoms with van der Waals surface area (Å²) in [6.45, 7) is 0.389. The van der Waals surface area contributed by atoms with Crippen LogP contribution in [-0.2, 0) is 6.61 Å². The van der Waals surface area contributed by atoms with Gasteiger partial charge in [0, 0.05) is 17.2 Å². The number of amides is 1. The highest BCUT2D eigenvalue weighted by Gasteiger charge is 2.11. The average Bonchev–Trinajstić information content (AvgIpc) is 2.87. The minimum absolute atomic E-state index is 0.356. The highest BCUT2D eigenvalue weighted by atomic mass is 16.5. The molecule has 0 heterocycles. The molecule has 0 aliphatic heterocycles. The van der Waals surface area contributed by atoms with E-state index in [4.69, 9.17) is 23.7 Å². The van der Waals surface area contributed by atoms with Gasteiger partial charge in [-0.25, -0.2) is 5.43 Å². The van der Waals surface area contributed by atoms with Gasteiger partial charge in [-0.05, 0) is 48.0 Å². The summed E-state index contributed by atoms with van der Waals surface area (Å²) in [4.78, 5) is 12.4. The van der Waals surface area contributed by atoms with Crippen LogP contribution in [0.2, 0.25) is 0 Å². The molecule has 3 rings (SSSR count). The van der Waals surface area contributed by atoms with Gasteiger partial charge >= 0.3 is 0 Å². The first-order chi connectivity index (χ1) is 16.1. The maximum Gasteiger partial charge on any atom is 0.271 e. The fourth-order valence-electron chi connectivity index (χ4n) is 3.01. The van der Waals surface area contributed by atoms with E-state index >= 15 is 0 Å². The zero-order valence-electron chi connectivity index (χ0n) is 19.0. The van der Waals surface area contributed by atoms with Crippen LogP contribution in [0.3, 0.4) is 0 Å². The lowest BCUT2D eigenvalue weighted by molar-refractivity contribution is 0.0955. The van der Waals surface area contributed by atoms with Crippen molar-refractivity contribution in [1.82, 2.24) is 5.43 Å². The molecule has 0 spiro atoms. The van der Waals surface area contributed by atoms with E-state index in [1.807, 2.05) is 24.3 Å². The molecular weight excluding hydrogens is 424 g/mol. The SMILES string of the molecule is COc1cccc(COc2ccc(C(=O)NN=Cc3cc(OC)c(OC)cc3OC)cc2)c1. The molecule has 0 aliphatic carbocycles. The number of hydrazone groups is 1. The molecule has 0 unspecified atom stereocenters. The predicted molar refractivity (Wildman–Crippen MR) is 125 cm³/mol. The monoisotopic (exact) mass is 450 g/mol. The Kier molecular flexibility index (Phi) is 8.13. The second kappa shape index (κ2) is 11.4. The summed E-state index contributed by atoms with van der Waals surface area (Å²) in [6.07, 6.45) is 1.48. The zero-order valence-corrected chi connectivity index (χ0v) is 19.0. The molecule has 0 saturated heterocycles. The average molecular weight is 450 g/mol. The largest absolute Gasteiger partial charge is 0.497 e. The summed E-state index contributed by atoms with van der Waals surface area (Å²) < 4.78 is 26.9. The predicted octanol–water partition coefficient (Wildman–Crippen LogP) is 4.06. The van der Waals surface area contributed by atoms with Crippen LogP contribution >= 0.6 is 0 Å². The quantitative estimate of drug-likeness (QED) is 0.370. The van der Waals surface area contributed by atoms with Crippen LogP contribution in [0.1, 0.15) is 21.5 Å². The fourth-order valence-corrected chi connectivity index (χ4v) is 3.01. The van der Waals surface area contributed by atoms with Gasteiger partial charge < -0.3 is 23.7 Å². The molecule has 8 nitrogen and oxygen atoms in total. The summed E-state index contributed by atoms with van der Waals surface area (Å²) in [7, 11) is 6.24. The molecule has 0 bridgehead atoms. The first kappa shape index (κ1) is 23.5. The highest BCUT2D eigenvalue weighted by Crippen LogP contribution is 2.33. The van der Waals surface area contributed by atoms with Crippen LogP contribution in [0.5, 0.6) is 28.7 Å². The molecule has 1 amide bonds. The van der Waals surface area contributed by atoms with E-state index in [1.165, 1.54) is 20.4 Å². The molecule has 0 fully saturated rings. The molecule has 172 valence electrons. The number of ether oxygens (including phenoxy) is 5. The molecule has 33 heavy (non-hydrogen) atoms. The van der Waals surface area contributed by atoms with Gasteiger partial charge in [-0.2, -0.15) is 5.10 Å². The molecule has 8 heteroatoms. The van der Waals surface area contributed by atoms with E-state index in [0.717, 1.165) is 11.3 Å². The second-order valence-corrected chi connectivity index (χ2v) is 6.81. The van der Waals surface area contributed by atoms with E-state index in [9.17, 15) is 4.79 Å². The molecule has 3 aromatic carbocycles. The number of hydrogen-bond donors (Lipinski definition) is 1. The van der Waals surface area contributed by atoms with E-state index < -0.39 is 0 Å². The standard InChI is InChI=1S/C25H26N2O6/c1-29-21-7-5-6-17(12-21)16-33-20-10-8-18(9-11-20)25(28)27-26-15-19-13-23(31-3)24(32-4)14-22(19)30-2/h5-15H,16H2,1-4H3,(H,27,28). The van der Waals surface area contributed by atoms with Crippen molar-refractivity contribution in [3.63, 3.8) is 0 Å². The number of hydrogen-bond acceptors (Lipinski definition) is 7. The Morgan fingerprint density at radius 2 is 1.52 bits per heavy atom. The van der Waals surface area contributed by atoms with Crippen molar-refractivity contribution >= 4 is 12.1 Å². The van der Waals surface area contributed by atoms with Crippen LogP contribution in [0.25, 0.3) is 0 Å².